The predicted octanol–water partition coefficient (Wildman–Crippen LogP) is 3.82. The van der Waals surface area contributed by atoms with E-state index in [0.29, 0.717) is 16.3 Å². The number of halogens is 1. The number of carbonyl (C=O) groups is 1. The number of anilines is 2. The first-order valence-electron chi connectivity index (χ1n) is 6.31. The molecule has 0 aromatic heterocycles. The Bertz CT molecular complexity index is 647. The highest BCUT2D eigenvalue weighted by Gasteiger charge is 2.20. The third-order valence-corrected chi connectivity index (χ3v) is 3.59. The van der Waals surface area contributed by atoms with Gasteiger partial charge in [0.15, 0.2) is 0 Å². The maximum absolute atomic E-state index is 12.6. The maximum atomic E-state index is 12.6. The van der Waals surface area contributed by atoms with Gasteiger partial charge in [-0.05, 0) is 37.6 Å². The molecule has 0 heterocycles. The largest absolute Gasteiger partial charge is 0.398 e. The molecule has 2 N–H and O–H groups in total. The molecule has 4 heteroatoms. The van der Waals surface area contributed by atoms with E-state index >= 15 is 0 Å². The molecule has 0 radical (unpaired) electrons. The SMILES string of the molecule is Cc1ccc(N(C)C(=O)c2c(N)cccc2Cl)c(C)c1. The van der Waals surface area contributed by atoms with Crippen molar-refractivity contribution in [3.05, 3.63) is 58.1 Å². The zero-order chi connectivity index (χ0) is 14.9. The minimum atomic E-state index is -0.208. The first-order chi connectivity index (χ1) is 9.41. The quantitative estimate of drug-likeness (QED) is 0.854. The zero-order valence-electron chi connectivity index (χ0n) is 11.8. The topological polar surface area (TPSA) is 46.3 Å². The molecule has 0 aliphatic heterocycles. The van der Waals surface area contributed by atoms with Gasteiger partial charge in [-0.3, -0.25) is 4.79 Å². The van der Waals surface area contributed by atoms with Crippen LogP contribution in [-0.2, 0) is 0 Å². The van der Waals surface area contributed by atoms with Crippen LogP contribution in [0.4, 0.5) is 11.4 Å². The van der Waals surface area contributed by atoms with E-state index < -0.39 is 0 Å². The van der Waals surface area contributed by atoms with Crippen molar-refractivity contribution in [1.29, 1.82) is 0 Å². The van der Waals surface area contributed by atoms with Crippen molar-refractivity contribution in [3.63, 3.8) is 0 Å². The van der Waals surface area contributed by atoms with Crippen LogP contribution in [0.5, 0.6) is 0 Å². The molecule has 0 atom stereocenters. The fourth-order valence-electron chi connectivity index (χ4n) is 2.23. The average Bonchev–Trinajstić information content (AvgIpc) is 2.37. The van der Waals surface area contributed by atoms with Crippen molar-refractivity contribution in [2.45, 2.75) is 13.8 Å². The van der Waals surface area contributed by atoms with Crippen molar-refractivity contribution in [1.82, 2.24) is 0 Å². The van der Waals surface area contributed by atoms with Gasteiger partial charge in [-0.25, -0.2) is 0 Å². The molecule has 2 aromatic rings. The summed E-state index contributed by atoms with van der Waals surface area (Å²) in [4.78, 5) is 14.2. The van der Waals surface area contributed by atoms with Gasteiger partial charge in [-0.2, -0.15) is 0 Å². The number of nitrogen functional groups attached to an aromatic ring is 1. The first-order valence-corrected chi connectivity index (χ1v) is 6.69. The molecule has 0 saturated heterocycles. The molecule has 0 unspecified atom stereocenters. The van der Waals surface area contributed by atoms with Gasteiger partial charge < -0.3 is 10.6 Å². The Morgan fingerprint density at radius 2 is 1.90 bits per heavy atom. The third kappa shape index (κ3) is 2.63. The van der Waals surface area contributed by atoms with E-state index in [4.69, 9.17) is 17.3 Å². The Balaban J connectivity index is 2.43. The predicted molar refractivity (Wildman–Crippen MR) is 84.5 cm³/mol. The highest BCUT2D eigenvalue weighted by Crippen LogP contribution is 2.27. The van der Waals surface area contributed by atoms with Gasteiger partial charge in [-0.15, -0.1) is 0 Å². The van der Waals surface area contributed by atoms with Crippen molar-refractivity contribution in [2.75, 3.05) is 17.7 Å². The lowest BCUT2D eigenvalue weighted by Crippen LogP contribution is -2.28. The number of nitrogens with two attached hydrogens (primary N) is 1. The van der Waals surface area contributed by atoms with Gasteiger partial charge in [0.1, 0.15) is 0 Å². The van der Waals surface area contributed by atoms with Crippen molar-refractivity contribution >= 4 is 28.9 Å². The monoisotopic (exact) mass is 288 g/mol. The lowest BCUT2D eigenvalue weighted by atomic mass is 10.1. The van der Waals surface area contributed by atoms with Gasteiger partial charge in [0.2, 0.25) is 0 Å². The summed E-state index contributed by atoms with van der Waals surface area (Å²) in [5.74, 6) is -0.208. The molecule has 3 nitrogen and oxygen atoms in total. The summed E-state index contributed by atoms with van der Waals surface area (Å²) < 4.78 is 0. The molecule has 2 rings (SSSR count). The van der Waals surface area contributed by atoms with Crippen LogP contribution >= 0.6 is 11.6 Å². The van der Waals surface area contributed by atoms with Crippen molar-refractivity contribution in [3.8, 4) is 0 Å². The van der Waals surface area contributed by atoms with Gasteiger partial charge in [-0.1, -0.05) is 35.4 Å². The molecule has 1 amide bonds. The molecule has 0 saturated carbocycles. The summed E-state index contributed by atoms with van der Waals surface area (Å²) in [5.41, 5.74) is 9.64. The highest BCUT2D eigenvalue weighted by atomic mass is 35.5. The molecule has 0 bridgehead atoms. The smallest absolute Gasteiger partial charge is 0.261 e. The summed E-state index contributed by atoms with van der Waals surface area (Å²) in [6, 6.07) is 11.0. The number of rotatable bonds is 2. The molecule has 0 aliphatic carbocycles. The Morgan fingerprint density at radius 1 is 1.20 bits per heavy atom. The van der Waals surface area contributed by atoms with E-state index in [2.05, 4.69) is 0 Å². The number of amides is 1. The number of hydrogen-bond donors (Lipinski definition) is 1. The molecule has 20 heavy (non-hydrogen) atoms. The summed E-state index contributed by atoms with van der Waals surface area (Å²) in [5, 5.41) is 0.367. The maximum Gasteiger partial charge on any atom is 0.261 e. The Labute approximate surface area is 124 Å². The van der Waals surface area contributed by atoms with Gasteiger partial charge in [0, 0.05) is 18.4 Å². The van der Waals surface area contributed by atoms with Crippen LogP contribution in [0.1, 0.15) is 21.5 Å². The van der Waals surface area contributed by atoms with Crippen LogP contribution in [0.25, 0.3) is 0 Å². The molecule has 104 valence electrons. The van der Waals surface area contributed by atoms with Crippen LogP contribution in [0.3, 0.4) is 0 Å². The number of aryl methyl sites for hydroxylation is 2. The average molecular weight is 289 g/mol. The molecule has 2 aromatic carbocycles. The van der Waals surface area contributed by atoms with E-state index in [1.54, 1.807) is 30.1 Å². The van der Waals surface area contributed by atoms with Crippen LogP contribution in [0.2, 0.25) is 5.02 Å². The summed E-state index contributed by atoms with van der Waals surface area (Å²) in [7, 11) is 1.72. The van der Waals surface area contributed by atoms with Crippen LogP contribution < -0.4 is 10.6 Å². The van der Waals surface area contributed by atoms with Crippen molar-refractivity contribution in [2.24, 2.45) is 0 Å². The Kier molecular flexibility index (Phi) is 4.00. The van der Waals surface area contributed by atoms with Gasteiger partial charge >= 0.3 is 0 Å². The standard InChI is InChI=1S/C16H17ClN2O/c1-10-7-8-14(11(2)9-10)19(3)16(20)15-12(17)5-4-6-13(15)18/h4-9H,18H2,1-3H3. The molecule has 0 spiro atoms. The van der Waals surface area contributed by atoms with Crippen LogP contribution in [0, 0.1) is 13.8 Å². The van der Waals surface area contributed by atoms with E-state index in [0.717, 1.165) is 16.8 Å². The van der Waals surface area contributed by atoms with Gasteiger partial charge in [0.05, 0.1) is 10.6 Å². The Hall–Kier alpha value is -2.00. The number of nitrogens with zero attached hydrogens (tertiary/aromatic N) is 1. The summed E-state index contributed by atoms with van der Waals surface area (Å²) >= 11 is 6.09. The highest BCUT2D eigenvalue weighted by molar-refractivity contribution is 6.35. The second kappa shape index (κ2) is 5.55. The number of carbonyl (C=O) groups excluding carboxylic acids is 1. The van der Waals surface area contributed by atoms with Gasteiger partial charge in [0.25, 0.3) is 5.91 Å². The zero-order valence-corrected chi connectivity index (χ0v) is 12.5. The lowest BCUT2D eigenvalue weighted by molar-refractivity contribution is 0.0994. The third-order valence-electron chi connectivity index (χ3n) is 3.28. The lowest BCUT2D eigenvalue weighted by Gasteiger charge is -2.21. The number of hydrogen-bond acceptors (Lipinski definition) is 2. The van der Waals surface area contributed by atoms with E-state index in [1.807, 2.05) is 32.0 Å². The van der Waals surface area contributed by atoms with Crippen molar-refractivity contribution < 1.29 is 4.79 Å². The fourth-order valence-corrected chi connectivity index (χ4v) is 2.49. The van der Waals surface area contributed by atoms with E-state index in [9.17, 15) is 4.79 Å². The number of benzene rings is 2. The van der Waals surface area contributed by atoms with E-state index in [1.165, 1.54) is 0 Å². The fraction of sp³-hybridized carbons (Fsp3) is 0.188. The Morgan fingerprint density at radius 3 is 2.50 bits per heavy atom. The molecular formula is C16H17ClN2O. The second-order valence-electron chi connectivity index (χ2n) is 4.86. The summed E-state index contributed by atoms with van der Waals surface area (Å²) in [6.45, 7) is 3.99. The normalized spacial score (nSPS) is 10.4. The minimum absolute atomic E-state index is 0.208. The van der Waals surface area contributed by atoms with Crippen LogP contribution in [0.15, 0.2) is 36.4 Å². The van der Waals surface area contributed by atoms with E-state index in [-0.39, 0.29) is 5.91 Å². The molecular weight excluding hydrogens is 272 g/mol. The van der Waals surface area contributed by atoms with Crippen LogP contribution in [-0.4, -0.2) is 13.0 Å². The molecule has 0 fully saturated rings. The minimum Gasteiger partial charge on any atom is -0.398 e. The molecule has 0 aliphatic rings. The summed E-state index contributed by atoms with van der Waals surface area (Å²) in [6.07, 6.45) is 0. The second-order valence-corrected chi connectivity index (χ2v) is 5.27. The first kappa shape index (κ1) is 14.4.